The zero-order chi connectivity index (χ0) is 14.3. The lowest BCUT2D eigenvalue weighted by Crippen LogP contribution is -2.01. The number of hydrogen-bond donors (Lipinski definition) is 1. The molecule has 0 aliphatic carbocycles. The van der Waals surface area contributed by atoms with E-state index >= 15 is 0 Å². The molecular formula is C16H14FN3. The van der Waals surface area contributed by atoms with Crippen LogP contribution < -0.4 is 5.73 Å². The smallest absolute Gasteiger partial charge is 0.134 e. The van der Waals surface area contributed by atoms with Gasteiger partial charge >= 0.3 is 0 Å². The van der Waals surface area contributed by atoms with Gasteiger partial charge in [0.1, 0.15) is 5.82 Å². The monoisotopic (exact) mass is 267 g/mol. The molecule has 4 heteroatoms. The minimum Gasteiger partial charge on any atom is -0.398 e. The number of nitrogen functional groups attached to an aromatic ring is 1. The summed E-state index contributed by atoms with van der Waals surface area (Å²) in [6.45, 7) is 3.74. The van der Waals surface area contributed by atoms with Gasteiger partial charge in [-0.3, -0.25) is 4.98 Å². The van der Waals surface area contributed by atoms with E-state index in [1.807, 2.05) is 32.0 Å². The van der Waals surface area contributed by atoms with Gasteiger partial charge in [0, 0.05) is 17.4 Å². The van der Waals surface area contributed by atoms with Gasteiger partial charge in [-0.2, -0.15) is 0 Å². The predicted molar refractivity (Wildman–Crippen MR) is 78.8 cm³/mol. The van der Waals surface area contributed by atoms with Crippen LogP contribution >= 0.6 is 0 Å². The molecule has 2 aromatic heterocycles. The third kappa shape index (κ3) is 1.81. The van der Waals surface area contributed by atoms with E-state index < -0.39 is 0 Å². The first kappa shape index (κ1) is 12.5. The number of nitrogens with zero attached hydrogens (tertiary/aromatic N) is 2. The number of aryl methyl sites for hydroxylation is 1. The van der Waals surface area contributed by atoms with Crippen LogP contribution in [0.25, 0.3) is 22.3 Å². The summed E-state index contributed by atoms with van der Waals surface area (Å²) >= 11 is 0. The van der Waals surface area contributed by atoms with Crippen molar-refractivity contribution in [2.75, 3.05) is 5.73 Å². The van der Waals surface area contributed by atoms with Gasteiger partial charge in [-0.1, -0.05) is 12.1 Å². The van der Waals surface area contributed by atoms with Crippen molar-refractivity contribution < 1.29 is 4.39 Å². The highest BCUT2D eigenvalue weighted by molar-refractivity contribution is 5.96. The third-order valence-electron chi connectivity index (χ3n) is 3.49. The molecule has 0 amide bonds. The number of aromatic nitrogens is 2. The summed E-state index contributed by atoms with van der Waals surface area (Å²) in [7, 11) is 0. The van der Waals surface area contributed by atoms with Crippen molar-refractivity contribution in [3.63, 3.8) is 0 Å². The number of anilines is 1. The maximum absolute atomic E-state index is 14.0. The number of rotatable bonds is 1. The summed E-state index contributed by atoms with van der Waals surface area (Å²) in [6.07, 6.45) is 1.70. The molecule has 0 radical (unpaired) electrons. The van der Waals surface area contributed by atoms with E-state index in [0.717, 1.165) is 16.8 Å². The third-order valence-corrected chi connectivity index (χ3v) is 3.49. The maximum Gasteiger partial charge on any atom is 0.134 e. The van der Waals surface area contributed by atoms with Gasteiger partial charge < -0.3 is 5.73 Å². The molecule has 2 heterocycles. The van der Waals surface area contributed by atoms with Gasteiger partial charge in [0.2, 0.25) is 0 Å². The van der Waals surface area contributed by atoms with Gasteiger partial charge in [0.15, 0.2) is 0 Å². The van der Waals surface area contributed by atoms with E-state index in [1.54, 1.807) is 12.3 Å². The van der Waals surface area contributed by atoms with Crippen molar-refractivity contribution in [2.24, 2.45) is 0 Å². The van der Waals surface area contributed by atoms with Crippen molar-refractivity contribution in [3.8, 4) is 11.4 Å². The molecule has 2 N–H and O–H groups in total. The minimum absolute atomic E-state index is 0.341. The topological polar surface area (TPSA) is 51.8 Å². The van der Waals surface area contributed by atoms with E-state index in [9.17, 15) is 4.39 Å². The Kier molecular flexibility index (Phi) is 2.86. The maximum atomic E-state index is 14.0. The lowest BCUT2D eigenvalue weighted by molar-refractivity contribution is 0.639. The number of pyridine rings is 2. The first-order valence-electron chi connectivity index (χ1n) is 6.36. The summed E-state index contributed by atoms with van der Waals surface area (Å²) in [6, 6.07) is 8.74. The van der Waals surface area contributed by atoms with E-state index in [0.29, 0.717) is 22.3 Å². The summed E-state index contributed by atoms with van der Waals surface area (Å²) in [4.78, 5) is 8.88. The van der Waals surface area contributed by atoms with Crippen LogP contribution in [-0.4, -0.2) is 9.97 Å². The minimum atomic E-state index is -0.341. The second-order valence-electron chi connectivity index (χ2n) is 4.80. The van der Waals surface area contributed by atoms with E-state index in [-0.39, 0.29) is 5.82 Å². The Bertz CT molecular complexity index is 798. The first-order valence-corrected chi connectivity index (χ1v) is 6.36. The van der Waals surface area contributed by atoms with Crippen LogP contribution in [0, 0.1) is 19.7 Å². The van der Waals surface area contributed by atoms with Gasteiger partial charge in [-0.25, -0.2) is 9.37 Å². The van der Waals surface area contributed by atoms with Crippen molar-refractivity contribution in [1.29, 1.82) is 0 Å². The summed E-state index contributed by atoms with van der Waals surface area (Å²) < 4.78 is 14.0. The van der Waals surface area contributed by atoms with Crippen molar-refractivity contribution >= 4 is 16.6 Å². The zero-order valence-electron chi connectivity index (χ0n) is 11.3. The highest BCUT2D eigenvalue weighted by Crippen LogP contribution is 2.33. The van der Waals surface area contributed by atoms with Gasteiger partial charge in [-0.15, -0.1) is 0 Å². The molecule has 0 atom stereocenters. The molecule has 0 saturated carbocycles. The molecule has 0 unspecified atom stereocenters. The largest absolute Gasteiger partial charge is 0.398 e. The molecule has 0 aliphatic heterocycles. The standard InChI is InChI=1S/C16H14FN3/c1-9-6-7-11(17)13-14(18)10(2)16(20-15(9)13)12-5-3-4-8-19-12/h3-8H,1-2H3,(H2,18,20). The summed E-state index contributed by atoms with van der Waals surface area (Å²) in [5.74, 6) is -0.341. The molecule has 0 bridgehead atoms. The number of hydrogen-bond acceptors (Lipinski definition) is 3. The first-order chi connectivity index (χ1) is 9.59. The predicted octanol–water partition coefficient (Wildman–Crippen LogP) is 3.63. The molecular weight excluding hydrogens is 253 g/mol. The fraction of sp³-hybridized carbons (Fsp3) is 0.125. The second kappa shape index (κ2) is 4.56. The SMILES string of the molecule is Cc1c(-c2ccccn2)nc2c(C)ccc(F)c2c1N. The van der Waals surface area contributed by atoms with Crippen LogP contribution in [-0.2, 0) is 0 Å². The van der Waals surface area contributed by atoms with Crippen LogP contribution in [0.3, 0.4) is 0 Å². The molecule has 3 rings (SSSR count). The van der Waals surface area contributed by atoms with Gasteiger partial charge in [0.05, 0.1) is 22.3 Å². The summed E-state index contributed by atoms with van der Waals surface area (Å²) in [5.41, 5.74) is 10.2. The molecule has 3 nitrogen and oxygen atoms in total. The number of fused-ring (bicyclic) bond motifs is 1. The van der Waals surface area contributed by atoms with Gasteiger partial charge in [0.25, 0.3) is 0 Å². The number of halogens is 1. The second-order valence-corrected chi connectivity index (χ2v) is 4.80. The zero-order valence-corrected chi connectivity index (χ0v) is 11.3. The van der Waals surface area contributed by atoms with Crippen molar-refractivity contribution in [2.45, 2.75) is 13.8 Å². The highest BCUT2D eigenvalue weighted by Gasteiger charge is 2.15. The van der Waals surface area contributed by atoms with Gasteiger partial charge in [-0.05, 0) is 37.6 Å². The van der Waals surface area contributed by atoms with E-state index in [1.165, 1.54) is 6.07 Å². The van der Waals surface area contributed by atoms with Crippen molar-refractivity contribution in [3.05, 3.63) is 53.5 Å². The van der Waals surface area contributed by atoms with E-state index in [4.69, 9.17) is 5.73 Å². The molecule has 100 valence electrons. The summed E-state index contributed by atoms with van der Waals surface area (Å²) in [5, 5.41) is 0.391. The number of nitrogens with two attached hydrogens (primary N) is 1. The Morgan fingerprint density at radius 1 is 1.10 bits per heavy atom. The lowest BCUT2D eigenvalue weighted by Gasteiger charge is -2.13. The fourth-order valence-corrected chi connectivity index (χ4v) is 2.33. The molecule has 0 fully saturated rings. The number of benzene rings is 1. The average Bonchev–Trinajstić information content (AvgIpc) is 2.47. The lowest BCUT2D eigenvalue weighted by atomic mass is 10.0. The Morgan fingerprint density at radius 2 is 1.90 bits per heavy atom. The Hall–Kier alpha value is -2.49. The Labute approximate surface area is 116 Å². The normalized spacial score (nSPS) is 10.9. The molecule has 0 aliphatic rings. The van der Waals surface area contributed by atoms with Crippen LogP contribution in [0.15, 0.2) is 36.5 Å². The molecule has 3 aromatic rings. The molecule has 20 heavy (non-hydrogen) atoms. The van der Waals surface area contributed by atoms with Crippen LogP contribution in [0.4, 0.5) is 10.1 Å². The Morgan fingerprint density at radius 3 is 2.60 bits per heavy atom. The van der Waals surface area contributed by atoms with Crippen LogP contribution in [0.5, 0.6) is 0 Å². The molecule has 1 aromatic carbocycles. The molecule has 0 saturated heterocycles. The van der Waals surface area contributed by atoms with Crippen LogP contribution in [0.2, 0.25) is 0 Å². The van der Waals surface area contributed by atoms with Crippen LogP contribution in [0.1, 0.15) is 11.1 Å². The Balaban J connectivity index is 2.42. The quantitative estimate of drug-likeness (QED) is 0.732. The average molecular weight is 267 g/mol. The van der Waals surface area contributed by atoms with E-state index in [2.05, 4.69) is 9.97 Å². The van der Waals surface area contributed by atoms with Crippen molar-refractivity contribution in [1.82, 2.24) is 9.97 Å². The fourth-order valence-electron chi connectivity index (χ4n) is 2.33. The highest BCUT2D eigenvalue weighted by atomic mass is 19.1. The molecule has 0 spiro atoms.